The smallest absolute Gasteiger partial charge is 0.273 e. The van der Waals surface area contributed by atoms with E-state index < -0.39 is 0 Å². The van der Waals surface area contributed by atoms with Crippen LogP contribution in [0.25, 0.3) is 0 Å². The van der Waals surface area contributed by atoms with Crippen molar-refractivity contribution in [2.75, 3.05) is 12.3 Å². The number of hydrogen-bond acceptors (Lipinski definition) is 4. The predicted octanol–water partition coefficient (Wildman–Crippen LogP) is 2.89. The summed E-state index contributed by atoms with van der Waals surface area (Å²) in [5.74, 6) is 1.29. The Bertz CT molecular complexity index is 428. The van der Waals surface area contributed by atoms with Crippen LogP contribution in [-0.4, -0.2) is 28.4 Å². The number of hydrogen-bond donors (Lipinski definition) is 1. The van der Waals surface area contributed by atoms with E-state index in [-0.39, 0.29) is 18.6 Å². The summed E-state index contributed by atoms with van der Waals surface area (Å²) in [6, 6.07) is 1.68. The molecule has 0 aliphatic rings. The molecule has 5 heteroatoms. The molecule has 0 fully saturated rings. The molecule has 5 nitrogen and oxygen atoms in total. The summed E-state index contributed by atoms with van der Waals surface area (Å²) in [6.07, 6.45) is 2.05. The van der Waals surface area contributed by atoms with Gasteiger partial charge in [-0.25, -0.2) is 4.68 Å². The molecule has 0 aromatic carbocycles. The molecule has 0 unspecified atom stereocenters. The van der Waals surface area contributed by atoms with E-state index in [1.165, 1.54) is 4.68 Å². The molecule has 2 N–H and O–H groups in total. The summed E-state index contributed by atoms with van der Waals surface area (Å²) in [6.45, 7) is 10.5. The number of nitrogens with zero attached hydrogens (tertiary/aromatic N) is 2. The summed E-state index contributed by atoms with van der Waals surface area (Å²) in [4.78, 5) is 12.1. The van der Waals surface area contributed by atoms with Crippen molar-refractivity contribution in [3.8, 4) is 0 Å². The first-order valence-electron chi connectivity index (χ1n) is 7.26. The van der Waals surface area contributed by atoms with Crippen molar-refractivity contribution in [3.05, 3.63) is 11.8 Å². The standard InChI is InChI=1S/C15H27N3O2/c1-10(2)6-13(7-11(3)4)20-9-15(19)18-12(5)8-14(16)17-18/h8,10-11,13H,6-7,9H2,1-5H3,(H2,16,17). The lowest BCUT2D eigenvalue weighted by molar-refractivity contribution is 0.0206. The van der Waals surface area contributed by atoms with E-state index in [1.54, 1.807) is 13.0 Å². The Hall–Kier alpha value is -1.36. The molecule has 0 bridgehead atoms. The number of carbonyl (C=O) groups is 1. The highest BCUT2D eigenvalue weighted by Crippen LogP contribution is 2.16. The number of carbonyl (C=O) groups excluding carboxylic acids is 1. The Labute approximate surface area is 121 Å². The van der Waals surface area contributed by atoms with Gasteiger partial charge in [-0.15, -0.1) is 5.10 Å². The second-order valence-corrected chi connectivity index (χ2v) is 6.21. The summed E-state index contributed by atoms with van der Waals surface area (Å²) in [5, 5.41) is 3.97. The van der Waals surface area contributed by atoms with Crippen LogP contribution in [0.3, 0.4) is 0 Å². The van der Waals surface area contributed by atoms with Crippen LogP contribution in [-0.2, 0) is 4.74 Å². The number of nitrogens with two attached hydrogens (primary N) is 1. The van der Waals surface area contributed by atoms with Gasteiger partial charge in [0.1, 0.15) is 12.4 Å². The molecule has 1 heterocycles. The number of nitrogen functional groups attached to an aromatic ring is 1. The molecular weight excluding hydrogens is 254 g/mol. The van der Waals surface area contributed by atoms with Gasteiger partial charge in [-0.3, -0.25) is 4.79 Å². The molecule has 0 atom stereocenters. The number of aromatic nitrogens is 2. The molecule has 1 aromatic rings. The fourth-order valence-corrected chi connectivity index (χ4v) is 2.28. The molecule has 1 aromatic heterocycles. The molecule has 0 saturated heterocycles. The lowest BCUT2D eigenvalue weighted by Crippen LogP contribution is -2.26. The Balaban J connectivity index is 2.57. The summed E-state index contributed by atoms with van der Waals surface area (Å²) in [7, 11) is 0. The molecule has 0 spiro atoms. The first kappa shape index (κ1) is 16.7. The second-order valence-electron chi connectivity index (χ2n) is 6.21. The van der Waals surface area contributed by atoms with Gasteiger partial charge in [0.15, 0.2) is 0 Å². The predicted molar refractivity (Wildman–Crippen MR) is 80.7 cm³/mol. The van der Waals surface area contributed by atoms with Crippen molar-refractivity contribution in [2.24, 2.45) is 11.8 Å². The van der Waals surface area contributed by atoms with Gasteiger partial charge in [0.05, 0.1) is 6.10 Å². The number of aryl methyl sites for hydroxylation is 1. The van der Waals surface area contributed by atoms with Crippen molar-refractivity contribution < 1.29 is 9.53 Å². The number of anilines is 1. The Morgan fingerprint density at radius 2 is 1.85 bits per heavy atom. The molecule has 0 amide bonds. The highest BCUT2D eigenvalue weighted by Gasteiger charge is 2.17. The maximum Gasteiger partial charge on any atom is 0.273 e. The Kier molecular flexibility index (Phi) is 6.20. The Morgan fingerprint density at radius 3 is 2.25 bits per heavy atom. The average Bonchev–Trinajstić information content (AvgIpc) is 2.63. The quantitative estimate of drug-likeness (QED) is 0.834. The van der Waals surface area contributed by atoms with Gasteiger partial charge in [0.2, 0.25) is 0 Å². The van der Waals surface area contributed by atoms with Crippen molar-refractivity contribution in [3.63, 3.8) is 0 Å². The van der Waals surface area contributed by atoms with Crippen LogP contribution in [0, 0.1) is 18.8 Å². The monoisotopic (exact) mass is 281 g/mol. The van der Waals surface area contributed by atoms with Crippen molar-refractivity contribution >= 4 is 11.7 Å². The van der Waals surface area contributed by atoms with Crippen LogP contribution in [0.5, 0.6) is 0 Å². The molecule has 0 radical (unpaired) electrons. The Morgan fingerprint density at radius 1 is 1.30 bits per heavy atom. The summed E-state index contributed by atoms with van der Waals surface area (Å²) < 4.78 is 7.11. The third-order valence-electron chi connectivity index (χ3n) is 3.05. The van der Waals surface area contributed by atoms with Crippen LogP contribution in [0.4, 0.5) is 5.82 Å². The molecule has 1 rings (SSSR count). The zero-order valence-corrected chi connectivity index (χ0v) is 13.2. The van der Waals surface area contributed by atoms with E-state index in [2.05, 4.69) is 32.8 Å². The van der Waals surface area contributed by atoms with Gasteiger partial charge in [0.25, 0.3) is 5.91 Å². The van der Waals surface area contributed by atoms with Crippen molar-refractivity contribution in [1.82, 2.24) is 9.78 Å². The maximum absolute atomic E-state index is 12.1. The van der Waals surface area contributed by atoms with Gasteiger partial charge in [-0.05, 0) is 31.6 Å². The molecule has 0 aliphatic carbocycles. The highest BCUT2D eigenvalue weighted by molar-refractivity contribution is 5.80. The minimum Gasteiger partial charge on any atom is -0.382 e. The topological polar surface area (TPSA) is 70.1 Å². The minimum atomic E-state index is -0.170. The van der Waals surface area contributed by atoms with Crippen LogP contribution in [0.2, 0.25) is 0 Å². The largest absolute Gasteiger partial charge is 0.382 e. The first-order valence-corrected chi connectivity index (χ1v) is 7.26. The van der Waals surface area contributed by atoms with Gasteiger partial charge in [0, 0.05) is 11.8 Å². The number of ether oxygens (including phenoxy) is 1. The lowest BCUT2D eigenvalue weighted by Gasteiger charge is -2.21. The third-order valence-corrected chi connectivity index (χ3v) is 3.05. The lowest BCUT2D eigenvalue weighted by atomic mass is 9.98. The summed E-state index contributed by atoms with van der Waals surface area (Å²) >= 11 is 0. The zero-order valence-electron chi connectivity index (χ0n) is 13.2. The van der Waals surface area contributed by atoms with Crippen LogP contribution < -0.4 is 5.73 Å². The summed E-state index contributed by atoms with van der Waals surface area (Å²) in [5.41, 5.74) is 6.32. The van der Waals surface area contributed by atoms with Gasteiger partial charge < -0.3 is 10.5 Å². The van der Waals surface area contributed by atoms with E-state index in [0.29, 0.717) is 17.7 Å². The fourth-order valence-electron chi connectivity index (χ4n) is 2.28. The van der Waals surface area contributed by atoms with Crippen molar-refractivity contribution in [1.29, 1.82) is 0 Å². The molecule has 114 valence electrons. The first-order chi connectivity index (χ1) is 9.29. The zero-order chi connectivity index (χ0) is 15.3. The van der Waals surface area contributed by atoms with Crippen LogP contribution in [0.1, 0.15) is 51.0 Å². The highest BCUT2D eigenvalue weighted by atomic mass is 16.5. The van der Waals surface area contributed by atoms with Gasteiger partial charge in [-0.1, -0.05) is 27.7 Å². The fraction of sp³-hybridized carbons (Fsp3) is 0.733. The number of rotatable bonds is 7. The normalized spacial score (nSPS) is 11.8. The van der Waals surface area contributed by atoms with Gasteiger partial charge >= 0.3 is 0 Å². The van der Waals surface area contributed by atoms with E-state index in [1.807, 2.05) is 0 Å². The van der Waals surface area contributed by atoms with Crippen molar-refractivity contribution in [2.45, 2.75) is 53.6 Å². The van der Waals surface area contributed by atoms with Crippen LogP contribution in [0.15, 0.2) is 6.07 Å². The minimum absolute atomic E-state index is 0.0477. The van der Waals surface area contributed by atoms with Crippen LogP contribution >= 0.6 is 0 Å². The molecular formula is C15H27N3O2. The molecule has 20 heavy (non-hydrogen) atoms. The van der Waals surface area contributed by atoms with E-state index in [4.69, 9.17) is 10.5 Å². The third kappa shape index (κ3) is 5.33. The van der Waals surface area contributed by atoms with E-state index in [0.717, 1.165) is 18.5 Å². The maximum atomic E-state index is 12.1. The second kappa shape index (κ2) is 7.43. The van der Waals surface area contributed by atoms with E-state index >= 15 is 0 Å². The molecule has 0 aliphatic heterocycles. The SMILES string of the molecule is Cc1cc(N)nn1C(=O)COC(CC(C)C)CC(C)C. The van der Waals surface area contributed by atoms with E-state index in [9.17, 15) is 4.79 Å². The van der Waals surface area contributed by atoms with Gasteiger partial charge in [-0.2, -0.15) is 0 Å². The molecule has 0 saturated carbocycles. The average molecular weight is 281 g/mol.